The van der Waals surface area contributed by atoms with Crippen molar-refractivity contribution in [3.05, 3.63) is 60.2 Å². The van der Waals surface area contributed by atoms with E-state index in [1.54, 1.807) is 7.11 Å². The number of halogens is 1. The summed E-state index contributed by atoms with van der Waals surface area (Å²) in [6.45, 7) is 0.638. The standard InChI is InChI=1S/C16H19N3O.HI/c1-20-15-9-5-6-13(12-15)10-11-18-16(17)19-14-7-3-2-4-8-14;/h2-9,12H,10-11H2,1H3,(H3,17,18,19);1H. The van der Waals surface area contributed by atoms with Crippen molar-refractivity contribution in [1.29, 1.82) is 0 Å². The summed E-state index contributed by atoms with van der Waals surface area (Å²) >= 11 is 0. The van der Waals surface area contributed by atoms with Gasteiger partial charge in [0.15, 0.2) is 5.96 Å². The van der Waals surface area contributed by atoms with Gasteiger partial charge in [-0.3, -0.25) is 4.99 Å². The van der Waals surface area contributed by atoms with Crippen LogP contribution >= 0.6 is 24.0 Å². The zero-order valence-electron chi connectivity index (χ0n) is 12.0. The maximum Gasteiger partial charge on any atom is 0.193 e. The molecule has 0 aromatic heterocycles. The lowest BCUT2D eigenvalue weighted by Gasteiger charge is -2.06. The fourth-order valence-electron chi connectivity index (χ4n) is 1.84. The molecular formula is C16H20IN3O. The van der Waals surface area contributed by atoms with Crippen LogP contribution in [0.15, 0.2) is 59.6 Å². The number of nitrogens with one attached hydrogen (secondary N) is 1. The van der Waals surface area contributed by atoms with Gasteiger partial charge in [-0.05, 0) is 36.2 Å². The summed E-state index contributed by atoms with van der Waals surface area (Å²) in [4.78, 5) is 4.31. The number of nitrogens with zero attached hydrogens (tertiary/aromatic N) is 1. The smallest absolute Gasteiger partial charge is 0.193 e. The van der Waals surface area contributed by atoms with E-state index in [9.17, 15) is 0 Å². The lowest BCUT2D eigenvalue weighted by molar-refractivity contribution is 0.414. The van der Waals surface area contributed by atoms with E-state index in [2.05, 4.69) is 16.4 Å². The van der Waals surface area contributed by atoms with Crippen LogP contribution in [0.5, 0.6) is 5.75 Å². The second kappa shape index (κ2) is 9.23. The van der Waals surface area contributed by atoms with Gasteiger partial charge in [0.25, 0.3) is 0 Å². The average molecular weight is 397 g/mol. The van der Waals surface area contributed by atoms with E-state index in [1.165, 1.54) is 5.56 Å². The Hall–Kier alpha value is -1.76. The SMILES string of the molecule is COc1cccc(CCN=C(N)Nc2ccccc2)c1.I. The monoisotopic (exact) mass is 397 g/mol. The number of anilines is 1. The van der Waals surface area contributed by atoms with Crippen LogP contribution in [0, 0.1) is 0 Å². The zero-order valence-corrected chi connectivity index (χ0v) is 14.3. The fourth-order valence-corrected chi connectivity index (χ4v) is 1.84. The highest BCUT2D eigenvalue weighted by atomic mass is 127. The summed E-state index contributed by atoms with van der Waals surface area (Å²) in [5, 5.41) is 3.05. The predicted octanol–water partition coefficient (Wildman–Crippen LogP) is 3.28. The third-order valence-corrected chi connectivity index (χ3v) is 2.86. The maximum atomic E-state index is 5.84. The Morgan fingerprint density at radius 1 is 1.14 bits per heavy atom. The third kappa shape index (κ3) is 6.03. The average Bonchev–Trinajstić information content (AvgIpc) is 2.48. The Morgan fingerprint density at radius 2 is 1.90 bits per heavy atom. The highest BCUT2D eigenvalue weighted by Gasteiger charge is 1.97. The Morgan fingerprint density at radius 3 is 2.62 bits per heavy atom. The third-order valence-electron chi connectivity index (χ3n) is 2.86. The molecule has 0 fully saturated rings. The van der Waals surface area contributed by atoms with Gasteiger partial charge in [-0.1, -0.05) is 30.3 Å². The summed E-state index contributed by atoms with van der Waals surface area (Å²) < 4.78 is 5.19. The van der Waals surface area contributed by atoms with Crippen molar-refractivity contribution in [2.24, 2.45) is 10.7 Å². The van der Waals surface area contributed by atoms with Crippen molar-refractivity contribution >= 4 is 35.6 Å². The molecule has 2 rings (SSSR count). The van der Waals surface area contributed by atoms with Crippen LogP contribution in [0.4, 0.5) is 5.69 Å². The molecule has 4 nitrogen and oxygen atoms in total. The molecule has 0 bridgehead atoms. The highest BCUT2D eigenvalue weighted by molar-refractivity contribution is 14.0. The first-order chi connectivity index (χ1) is 9.78. The summed E-state index contributed by atoms with van der Waals surface area (Å²) in [5.41, 5.74) is 7.96. The number of aliphatic imine (C=N–C) groups is 1. The molecule has 0 unspecified atom stereocenters. The van der Waals surface area contributed by atoms with Gasteiger partial charge in [0.1, 0.15) is 5.75 Å². The van der Waals surface area contributed by atoms with E-state index < -0.39 is 0 Å². The topological polar surface area (TPSA) is 59.6 Å². The van der Waals surface area contributed by atoms with Crippen LogP contribution in [0.2, 0.25) is 0 Å². The quantitative estimate of drug-likeness (QED) is 0.463. The first kappa shape index (κ1) is 17.3. The summed E-state index contributed by atoms with van der Waals surface area (Å²) in [6.07, 6.45) is 0.828. The van der Waals surface area contributed by atoms with Gasteiger partial charge in [0, 0.05) is 12.2 Å². The van der Waals surface area contributed by atoms with Crippen LogP contribution < -0.4 is 15.8 Å². The minimum Gasteiger partial charge on any atom is -0.497 e. The van der Waals surface area contributed by atoms with Crippen molar-refractivity contribution in [3.8, 4) is 5.75 Å². The molecule has 3 N–H and O–H groups in total. The van der Waals surface area contributed by atoms with Crippen LogP contribution in [0.1, 0.15) is 5.56 Å². The first-order valence-corrected chi connectivity index (χ1v) is 6.53. The highest BCUT2D eigenvalue weighted by Crippen LogP contribution is 2.12. The summed E-state index contributed by atoms with van der Waals surface area (Å²) in [5.74, 6) is 1.29. The van der Waals surface area contributed by atoms with E-state index in [0.29, 0.717) is 12.5 Å². The van der Waals surface area contributed by atoms with Gasteiger partial charge in [0.2, 0.25) is 0 Å². The fraction of sp³-hybridized carbons (Fsp3) is 0.188. The van der Waals surface area contributed by atoms with Gasteiger partial charge in [-0.2, -0.15) is 0 Å². The molecule has 5 heteroatoms. The Bertz CT molecular complexity index is 573. The predicted molar refractivity (Wildman–Crippen MR) is 98.7 cm³/mol. The van der Waals surface area contributed by atoms with Gasteiger partial charge in [-0.25, -0.2) is 0 Å². The molecular weight excluding hydrogens is 377 g/mol. The van der Waals surface area contributed by atoms with E-state index >= 15 is 0 Å². The molecule has 112 valence electrons. The maximum absolute atomic E-state index is 5.84. The Balaban J connectivity index is 0.00000220. The second-order valence-electron chi connectivity index (χ2n) is 4.36. The molecule has 21 heavy (non-hydrogen) atoms. The molecule has 0 radical (unpaired) electrons. The van der Waals surface area contributed by atoms with Crippen molar-refractivity contribution in [2.45, 2.75) is 6.42 Å². The van der Waals surface area contributed by atoms with E-state index in [-0.39, 0.29) is 24.0 Å². The lowest BCUT2D eigenvalue weighted by atomic mass is 10.1. The van der Waals surface area contributed by atoms with Gasteiger partial charge in [0.05, 0.1) is 7.11 Å². The van der Waals surface area contributed by atoms with E-state index in [0.717, 1.165) is 17.9 Å². The molecule has 0 saturated carbocycles. The molecule has 0 heterocycles. The molecule has 2 aromatic carbocycles. The number of rotatable bonds is 5. The molecule has 0 atom stereocenters. The normalized spacial score (nSPS) is 10.6. The van der Waals surface area contributed by atoms with Crippen molar-refractivity contribution in [1.82, 2.24) is 0 Å². The molecule has 0 aliphatic heterocycles. The Labute approximate surface area is 142 Å². The molecule has 0 aliphatic carbocycles. The van der Waals surface area contributed by atoms with Crippen LogP contribution in [0.3, 0.4) is 0 Å². The van der Waals surface area contributed by atoms with Crippen LogP contribution in [-0.2, 0) is 6.42 Å². The van der Waals surface area contributed by atoms with Gasteiger partial charge < -0.3 is 15.8 Å². The number of para-hydroxylation sites is 1. The van der Waals surface area contributed by atoms with Gasteiger partial charge >= 0.3 is 0 Å². The Kier molecular flexibility index (Phi) is 7.60. The molecule has 0 spiro atoms. The number of hydrogen-bond acceptors (Lipinski definition) is 2. The van der Waals surface area contributed by atoms with Crippen molar-refractivity contribution in [3.63, 3.8) is 0 Å². The lowest BCUT2D eigenvalue weighted by Crippen LogP contribution is -2.23. The number of guanidine groups is 1. The largest absolute Gasteiger partial charge is 0.497 e. The van der Waals surface area contributed by atoms with Gasteiger partial charge in [-0.15, -0.1) is 24.0 Å². The minimum atomic E-state index is 0. The van der Waals surface area contributed by atoms with Crippen molar-refractivity contribution < 1.29 is 4.74 Å². The zero-order chi connectivity index (χ0) is 14.2. The number of ether oxygens (including phenoxy) is 1. The van der Waals surface area contributed by atoms with Crippen molar-refractivity contribution in [2.75, 3.05) is 19.0 Å². The summed E-state index contributed by atoms with van der Waals surface area (Å²) in [7, 11) is 1.67. The second-order valence-corrected chi connectivity index (χ2v) is 4.36. The minimum absolute atomic E-state index is 0. The first-order valence-electron chi connectivity index (χ1n) is 6.53. The van der Waals surface area contributed by atoms with E-state index in [1.807, 2.05) is 48.5 Å². The number of nitrogens with two attached hydrogens (primary N) is 1. The van der Waals surface area contributed by atoms with Crippen LogP contribution in [0.25, 0.3) is 0 Å². The molecule has 2 aromatic rings. The number of methoxy groups -OCH3 is 1. The molecule has 0 saturated heterocycles. The number of hydrogen-bond donors (Lipinski definition) is 2. The van der Waals surface area contributed by atoms with E-state index in [4.69, 9.17) is 10.5 Å². The molecule has 0 amide bonds. The van der Waals surface area contributed by atoms with Crippen LogP contribution in [-0.4, -0.2) is 19.6 Å². The number of benzene rings is 2. The molecule has 0 aliphatic rings. The summed E-state index contributed by atoms with van der Waals surface area (Å²) in [6, 6.07) is 17.7.